The van der Waals surface area contributed by atoms with Crippen LogP contribution in [0.3, 0.4) is 0 Å². The molecule has 0 aromatic rings. The van der Waals surface area contributed by atoms with Crippen LogP contribution in [-0.2, 0) is 42.9 Å². The lowest BCUT2D eigenvalue weighted by Crippen LogP contribution is -2.61. The van der Waals surface area contributed by atoms with Crippen LogP contribution in [0.5, 0.6) is 0 Å². The zero-order valence-corrected chi connectivity index (χ0v) is 50.5. The molecule has 0 amide bonds. The van der Waals surface area contributed by atoms with Gasteiger partial charge in [-0.15, -0.1) is 0 Å². The van der Waals surface area contributed by atoms with Gasteiger partial charge in [-0.1, -0.05) is 232 Å². The standard InChI is InChI=1S/C69H110O12/c1-4-7-10-13-16-19-22-25-28-30-31-33-35-37-40-43-46-49-52-55-61(70)77-58-60(79-62(71)56-53-50-47-44-41-38-34-27-24-21-18-15-12-9-6-3)59-78-69-67(65(74)64(73)66(81-69)68(75)76)80-63(72)57-54-51-48-45-42-39-36-32-29-26-23-20-17-14-11-8-5-2/h7,9-10,12,16,18-19,21,25-29,31,33-34,41,44,50,53,60,64-67,69,73-74H,4-6,8,11,13-15,17,20,22-24,30,32,35-40,42-43,45-49,51-52,54-59H2,1-3H3,(H,75,76)/b10-7-,12-9-,19-16-,21-18-,28-25-,29-26-,33-31-,34-27-,44-41-,53-50-. The smallest absolute Gasteiger partial charge is 0.335 e. The Bertz CT molecular complexity index is 1870. The molecule has 0 spiro atoms. The number of aliphatic hydroxyl groups excluding tert-OH is 2. The summed E-state index contributed by atoms with van der Waals surface area (Å²) < 4.78 is 28.3. The van der Waals surface area contributed by atoms with Gasteiger partial charge in [-0.05, 0) is 109 Å². The topological polar surface area (TPSA) is 175 Å². The Hall–Kier alpha value is -4.88. The van der Waals surface area contributed by atoms with Crippen LogP contribution >= 0.6 is 0 Å². The zero-order chi connectivity index (χ0) is 58.9. The van der Waals surface area contributed by atoms with Gasteiger partial charge in [0.25, 0.3) is 0 Å². The van der Waals surface area contributed by atoms with Crippen molar-refractivity contribution in [3.8, 4) is 0 Å². The average Bonchev–Trinajstić information content (AvgIpc) is 3.53. The number of rotatable bonds is 52. The summed E-state index contributed by atoms with van der Waals surface area (Å²) >= 11 is 0. The van der Waals surface area contributed by atoms with E-state index in [1.54, 1.807) is 6.08 Å². The third kappa shape index (κ3) is 45.3. The molecule has 1 fully saturated rings. The molecule has 458 valence electrons. The Labute approximate surface area is 490 Å². The molecule has 12 nitrogen and oxygen atoms in total. The van der Waals surface area contributed by atoms with E-state index in [9.17, 15) is 34.5 Å². The second-order valence-corrected chi connectivity index (χ2v) is 20.9. The number of unbranched alkanes of at least 4 members (excludes halogenated alkanes) is 19. The van der Waals surface area contributed by atoms with Gasteiger partial charge in [-0.2, -0.15) is 0 Å². The summed E-state index contributed by atoms with van der Waals surface area (Å²) in [5, 5.41) is 31.6. The van der Waals surface area contributed by atoms with Gasteiger partial charge in [0, 0.05) is 12.8 Å². The van der Waals surface area contributed by atoms with Crippen LogP contribution in [0, 0.1) is 0 Å². The number of ether oxygens (including phenoxy) is 5. The Morgan fingerprint density at radius 1 is 0.432 bits per heavy atom. The van der Waals surface area contributed by atoms with Gasteiger partial charge in [0.2, 0.25) is 0 Å². The number of carboxylic acid groups (broad SMARTS) is 1. The van der Waals surface area contributed by atoms with E-state index in [0.29, 0.717) is 19.3 Å². The number of carbonyl (C=O) groups is 4. The van der Waals surface area contributed by atoms with Gasteiger partial charge in [0.05, 0.1) is 13.0 Å². The number of carboxylic acids is 1. The summed E-state index contributed by atoms with van der Waals surface area (Å²) in [6.45, 7) is 5.67. The summed E-state index contributed by atoms with van der Waals surface area (Å²) in [5.74, 6) is -3.32. The van der Waals surface area contributed by atoms with E-state index in [0.717, 1.165) is 135 Å². The molecule has 1 aliphatic heterocycles. The van der Waals surface area contributed by atoms with Crippen molar-refractivity contribution in [2.75, 3.05) is 13.2 Å². The molecule has 12 heteroatoms. The highest BCUT2D eigenvalue weighted by molar-refractivity contribution is 5.74. The summed E-state index contributed by atoms with van der Waals surface area (Å²) in [6, 6.07) is 0. The van der Waals surface area contributed by atoms with Crippen LogP contribution in [0.1, 0.15) is 239 Å². The Morgan fingerprint density at radius 2 is 0.815 bits per heavy atom. The monoisotopic (exact) mass is 1130 g/mol. The summed E-state index contributed by atoms with van der Waals surface area (Å²) in [5.41, 5.74) is 0. The van der Waals surface area contributed by atoms with Crippen LogP contribution in [0.15, 0.2) is 122 Å². The third-order valence-corrected chi connectivity index (χ3v) is 13.5. The van der Waals surface area contributed by atoms with Crippen LogP contribution in [0.25, 0.3) is 0 Å². The predicted molar refractivity (Wildman–Crippen MR) is 330 cm³/mol. The van der Waals surface area contributed by atoms with E-state index in [1.807, 2.05) is 18.2 Å². The van der Waals surface area contributed by atoms with Gasteiger partial charge < -0.3 is 39.0 Å². The quantitative estimate of drug-likeness (QED) is 0.0228. The van der Waals surface area contributed by atoms with E-state index >= 15 is 0 Å². The van der Waals surface area contributed by atoms with E-state index in [1.165, 1.54) is 44.9 Å². The van der Waals surface area contributed by atoms with Crippen molar-refractivity contribution in [1.82, 2.24) is 0 Å². The van der Waals surface area contributed by atoms with Gasteiger partial charge in [0.1, 0.15) is 18.8 Å². The lowest BCUT2D eigenvalue weighted by molar-refractivity contribution is -0.301. The largest absolute Gasteiger partial charge is 0.479 e. The van der Waals surface area contributed by atoms with Gasteiger partial charge in [-0.3, -0.25) is 14.4 Å². The first kappa shape index (κ1) is 74.1. The van der Waals surface area contributed by atoms with E-state index in [-0.39, 0.29) is 25.9 Å². The molecule has 1 saturated heterocycles. The minimum Gasteiger partial charge on any atom is -0.479 e. The number of hydrogen-bond donors (Lipinski definition) is 3. The second-order valence-electron chi connectivity index (χ2n) is 20.9. The van der Waals surface area contributed by atoms with Crippen molar-refractivity contribution in [3.05, 3.63) is 122 Å². The van der Waals surface area contributed by atoms with Crippen molar-refractivity contribution >= 4 is 23.9 Å². The van der Waals surface area contributed by atoms with Crippen molar-refractivity contribution in [2.24, 2.45) is 0 Å². The van der Waals surface area contributed by atoms with Crippen LogP contribution < -0.4 is 0 Å². The molecule has 0 aliphatic carbocycles. The first-order valence-corrected chi connectivity index (χ1v) is 31.5. The van der Waals surface area contributed by atoms with E-state index in [2.05, 4.69) is 118 Å². The summed E-state index contributed by atoms with van der Waals surface area (Å²) in [6.07, 6.45) is 64.7. The van der Waals surface area contributed by atoms with E-state index < -0.39 is 67.3 Å². The maximum absolute atomic E-state index is 13.1. The molecule has 0 bridgehead atoms. The van der Waals surface area contributed by atoms with Crippen LogP contribution in [0.2, 0.25) is 0 Å². The molecular formula is C69H110O12. The average molecular weight is 1130 g/mol. The van der Waals surface area contributed by atoms with Gasteiger partial charge >= 0.3 is 23.9 Å². The molecule has 1 rings (SSSR count). The number of hydrogen-bond acceptors (Lipinski definition) is 11. The maximum atomic E-state index is 13.1. The Kier molecular flexibility index (Phi) is 50.9. The highest BCUT2D eigenvalue weighted by Crippen LogP contribution is 2.26. The molecule has 6 atom stereocenters. The lowest BCUT2D eigenvalue weighted by Gasteiger charge is -2.40. The number of allylic oxidation sites excluding steroid dienone is 19. The zero-order valence-electron chi connectivity index (χ0n) is 50.5. The fraction of sp³-hybridized carbons (Fsp3) is 0.652. The van der Waals surface area contributed by atoms with Crippen LogP contribution in [-0.4, -0.2) is 89.2 Å². The fourth-order valence-electron chi connectivity index (χ4n) is 8.78. The number of aliphatic hydroxyl groups is 2. The molecule has 0 aromatic heterocycles. The van der Waals surface area contributed by atoms with Crippen molar-refractivity contribution in [1.29, 1.82) is 0 Å². The number of carbonyl (C=O) groups excluding carboxylic acids is 3. The molecular weight excluding hydrogens is 1020 g/mol. The highest BCUT2D eigenvalue weighted by atomic mass is 16.7. The molecule has 0 radical (unpaired) electrons. The maximum Gasteiger partial charge on any atom is 0.335 e. The predicted octanol–water partition coefficient (Wildman–Crippen LogP) is 16.8. The van der Waals surface area contributed by atoms with Crippen molar-refractivity contribution in [3.63, 3.8) is 0 Å². The summed E-state index contributed by atoms with van der Waals surface area (Å²) in [7, 11) is 0. The van der Waals surface area contributed by atoms with Crippen molar-refractivity contribution < 1.29 is 58.2 Å². The fourth-order valence-corrected chi connectivity index (χ4v) is 8.78. The molecule has 1 heterocycles. The van der Waals surface area contributed by atoms with Crippen LogP contribution in [0.4, 0.5) is 0 Å². The Balaban J connectivity index is 2.73. The molecule has 0 saturated carbocycles. The second kappa shape index (κ2) is 55.6. The number of esters is 3. The Morgan fingerprint density at radius 3 is 1.26 bits per heavy atom. The third-order valence-electron chi connectivity index (χ3n) is 13.5. The molecule has 81 heavy (non-hydrogen) atoms. The van der Waals surface area contributed by atoms with Crippen molar-refractivity contribution in [2.45, 2.75) is 276 Å². The highest BCUT2D eigenvalue weighted by Gasteiger charge is 2.50. The number of aliphatic carboxylic acids is 1. The molecule has 0 aromatic carbocycles. The lowest BCUT2D eigenvalue weighted by atomic mass is 9.98. The van der Waals surface area contributed by atoms with Gasteiger partial charge in [0.15, 0.2) is 24.6 Å². The SMILES string of the molecule is CC/C=C\C/C=C\C/C=C\C/C=C\C/C=C\CC(=O)OC(COC(=O)CCCCCCCC/C=C\C/C=C\C/C=C\C/C=C\CC)COC1OC(C(=O)O)C(O)C(O)C1OC(=O)CCCCCCCCC/C=C\CCCCCCCC. The van der Waals surface area contributed by atoms with Gasteiger partial charge in [-0.25, -0.2) is 4.79 Å². The molecule has 1 aliphatic rings. The molecule has 3 N–H and O–H groups in total. The normalized spacial score (nSPS) is 18.6. The first-order chi connectivity index (χ1) is 39.6. The molecule has 6 unspecified atom stereocenters. The minimum absolute atomic E-state index is 0.0382. The first-order valence-electron chi connectivity index (χ1n) is 31.5. The van der Waals surface area contributed by atoms with E-state index in [4.69, 9.17) is 23.7 Å². The summed E-state index contributed by atoms with van der Waals surface area (Å²) in [4.78, 5) is 51.2. The minimum atomic E-state index is -1.93.